The maximum atomic E-state index is 11.3. The number of rotatable bonds is 2. The summed E-state index contributed by atoms with van der Waals surface area (Å²) in [4.78, 5) is 17.3. The van der Waals surface area contributed by atoms with E-state index in [1.54, 1.807) is 23.1 Å². The zero-order chi connectivity index (χ0) is 11.7. The Kier molecular flexibility index (Phi) is 2.52. The number of ether oxygens (including phenoxy) is 1. The molecule has 84 valence electrons. The van der Waals surface area contributed by atoms with Crippen LogP contribution in [0.15, 0.2) is 22.6 Å². The highest BCUT2D eigenvalue weighted by Crippen LogP contribution is 2.21. The predicted octanol–water partition coefficient (Wildman–Crippen LogP) is 1.68. The molecule has 0 bridgehead atoms. The molecule has 16 heavy (non-hydrogen) atoms. The molecule has 5 heteroatoms. The Balaban J connectivity index is 2.49. The van der Waals surface area contributed by atoms with Crippen molar-refractivity contribution in [2.75, 3.05) is 26.1 Å². The molecule has 0 unspecified atom stereocenters. The van der Waals surface area contributed by atoms with Crippen molar-refractivity contribution >= 4 is 23.1 Å². The summed E-state index contributed by atoms with van der Waals surface area (Å²) in [5.74, 6) is -0.378. The number of hydrogen-bond acceptors (Lipinski definition) is 5. The molecule has 0 fully saturated rings. The number of benzene rings is 1. The molecule has 0 saturated heterocycles. The lowest BCUT2D eigenvalue weighted by Crippen LogP contribution is -2.08. The first-order chi connectivity index (χ1) is 7.61. The summed E-state index contributed by atoms with van der Waals surface area (Å²) >= 11 is 0. The van der Waals surface area contributed by atoms with Crippen molar-refractivity contribution in [3.63, 3.8) is 0 Å². The predicted molar refractivity (Wildman–Crippen MR) is 59.7 cm³/mol. The van der Waals surface area contributed by atoms with Crippen LogP contribution in [0.5, 0.6) is 0 Å². The topological polar surface area (TPSA) is 55.6 Å². The Bertz CT molecular complexity index is 531. The van der Waals surface area contributed by atoms with Gasteiger partial charge in [0.1, 0.15) is 5.52 Å². The quantitative estimate of drug-likeness (QED) is 0.721. The largest absolute Gasteiger partial charge is 0.465 e. The summed E-state index contributed by atoms with van der Waals surface area (Å²) in [5.41, 5.74) is 1.76. The summed E-state index contributed by atoms with van der Waals surface area (Å²) in [5, 5.41) is 0. The zero-order valence-corrected chi connectivity index (χ0v) is 9.35. The summed E-state index contributed by atoms with van der Waals surface area (Å²) in [6.07, 6.45) is 0. The summed E-state index contributed by atoms with van der Waals surface area (Å²) in [7, 11) is 5.03. The third-order valence-electron chi connectivity index (χ3n) is 2.18. The Labute approximate surface area is 92.6 Å². The molecule has 0 spiro atoms. The molecule has 1 heterocycles. The molecule has 0 aliphatic carbocycles. The first-order valence-electron chi connectivity index (χ1n) is 4.78. The van der Waals surface area contributed by atoms with Crippen LogP contribution in [-0.2, 0) is 4.74 Å². The number of fused-ring (bicyclic) bond motifs is 1. The van der Waals surface area contributed by atoms with Crippen molar-refractivity contribution in [3.05, 3.63) is 23.8 Å². The third kappa shape index (κ3) is 1.71. The standard InChI is InChI=1S/C11H12N2O3/c1-13(2)11-12-8-6-7(10(14)15-3)4-5-9(8)16-11/h4-6H,1-3H3. The van der Waals surface area contributed by atoms with Crippen LogP contribution >= 0.6 is 0 Å². The van der Waals surface area contributed by atoms with Crippen LogP contribution in [0, 0.1) is 0 Å². The van der Waals surface area contributed by atoms with Crippen molar-refractivity contribution in [2.45, 2.75) is 0 Å². The Morgan fingerprint density at radius 1 is 1.44 bits per heavy atom. The van der Waals surface area contributed by atoms with Gasteiger partial charge in [-0.15, -0.1) is 0 Å². The summed E-state index contributed by atoms with van der Waals surface area (Å²) < 4.78 is 10.1. The van der Waals surface area contributed by atoms with Crippen molar-refractivity contribution in [3.8, 4) is 0 Å². The number of carbonyl (C=O) groups excluding carboxylic acids is 1. The maximum absolute atomic E-state index is 11.3. The smallest absolute Gasteiger partial charge is 0.337 e. The molecule has 0 atom stereocenters. The Morgan fingerprint density at radius 3 is 2.81 bits per heavy atom. The van der Waals surface area contributed by atoms with Gasteiger partial charge in [0, 0.05) is 14.1 Å². The van der Waals surface area contributed by atoms with Gasteiger partial charge in [0.25, 0.3) is 6.01 Å². The van der Waals surface area contributed by atoms with Gasteiger partial charge in [-0.3, -0.25) is 0 Å². The van der Waals surface area contributed by atoms with E-state index in [-0.39, 0.29) is 5.97 Å². The number of nitrogens with zero attached hydrogens (tertiary/aromatic N) is 2. The van der Waals surface area contributed by atoms with E-state index in [2.05, 4.69) is 9.72 Å². The molecule has 0 aliphatic heterocycles. The van der Waals surface area contributed by atoms with E-state index >= 15 is 0 Å². The molecule has 1 aromatic heterocycles. The second-order valence-electron chi connectivity index (χ2n) is 3.56. The Hall–Kier alpha value is -2.04. The summed E-state index contributed by atoms with van der Waals surface area (Å²) in [6, 6.07) is 5.52. The minimum Gasteiger partial charge on any atom is -0.465 e. The summed E-state index contributed by atoms with van der Waals surface area (Å²) in [6.45, 7) is 0. The second kappa shape index (κ2) is 3.84. The Morgan fingerprint density at radius 2 is 2.19 bits per heavy atom. The van der Waals surface area contributed by atoms with Gasteiger partial charge in [-0.1, -0.05) is 0 Å². The minimum absolute atomic E-state index is 0.378. The van der Waals surface area contributed by atoms with E-state index in [0.29, 0.717) is 22.7 Å². The van der Waals surface area contributed by atoms with Gasteiger partial charge >= 0.3 is 5.97 Å². The van der Waals surface area contributed by atoms with E-state index in [1.807, 2.05) is 14.1 Å². The van der Waals surface area contributed by atoms with Gasteiger partial charge in [-0.25, -0.2) is 4.79 Å². The average molecular weight is 220 g/mol. The lowest BCUT2D eigenvalue weighted by Gasteiger charge is -2.03. The van der Waals surface area contributed by atoms with Crippen LogP contribution in [0.25, 0.3) is 11.1 Å². The number of hydrogen-bond donors (Lipinski definition) is 0. The third-order valence-corrected chi connectivity index (χ3v) is 2.18. The van der Waals surface area contributed by atoms with Crippen LogP contribution in [0.3, 0.4) is 0 Å². The fourth-order valence-electron chi connectivity index (χ4n) is 1.35. The van der Waals surface area contributed by atoms with Crippen LogP contribution in [0.2, 0.25) is 0 Å². The normalized spacial score (nSPS) is 10.4. The number of anilines is 1. The molecule has 2 aromatic rings. The van der Waals surface area contributed by atoms with E-state index in [1.165, 1.54) is 7.11 Å². The highest BCUT2D eigenvalue weighted by Gasteiger charge is 2.11. The van der Waals surface area contributed by atoms with Gasteiger partial charge in [-0.2, -0.15) is 4.98 Å². The highest BCUT2D eigenvalue weighted by atomic mass is 16.5. The van der Waals surface area contributed by atoms with E-state index in [0.717, 1.165) is 0 Å². The van der Waals surface area contributed by atoms with Gasteiger partial charge < -0.3 is 14.1 Å². The second-order valence-corrected chi connectivity index (χ2v) is 3.56. The minimum atomic E-state index is -0.378. The number of methoxy groups -OCH3 is 1. The lowest BCUT2D eigenvalue weighted by atomic mass is 10.2. The van der Waals surface area contributed by atoms with E-state index in [4.69, 9.17) is 4.42 Å². The monoisotopic (exact) mass is 220 g/mol. The fourth-order valence-corrected chi connectivity index (χ4v) is 1.35. The number of esters is 1. The van der Waals surface area contributed by atoms with Crippen LogP contribution < -0.4 is 4.90 Å². The van der Waals surface area contributed by atoms with Crippen LogP contribution in [-0.4, -0.2) is 32.2 Å². The van der Waals surface area contributed by atoms with Gasteiger partial charge in [0.2, 0.25) is 0 Å². The van der Waals surface area contributed by atoms with Crippen molar-refractivity contribution in [1.29, 1.82) is 0 Å². The number of oxazole rings is 1. The molecule has 1 aromatic carbocycles. The molecular formula is C11H12N2O3. The molecule has 0 amide bonds. The van der Waals surface area contributed by atoms with Gasteiger partial charge in [0.15, 0.2) is 5.58 Å². The average Bonchev–Trinajstić information content (AvgIpc) is 2.70. The number of aromatic nitrogens is 1. The molecular weight excluding hydrogens is 208 g/mol. The molecule has 0 radical (unpaired) electrons. The first kappa shape index (κ1) is 10.5. The van der Waals surface area contributed by atoms with Crippen molar-refractivity contribution in [1.82, 2.24) is 4.98 Å². The van der Waals surface area contributed by atoms with E-state index in [9.17, 15) is 4.79 Å². The van der Waals surface area contributed by atoms with Gasteiger partial charge in [-0.05, 0) is 18.2 Å². The van der Waals surface area contributed by atoms with Crippen molar-refractivity contribution in [2.24, 2.45) is 0 Å². The molecule has 5 nitrogen and oxygen atoms in total. The van der Waals surface area contributed by atoms with E-state index < -0.39 is 0 Å². The molecule has 0 aliphatic rings. The fraction of sp³-hybridized carbons (Fsp3) is 0.273. The molecule has 0 saturated carbocycles. The van der Waals surface area contributed by atoms with Gasteiger partial charge in [0.05, 0.1) is 12.7 Å². The SMILES string of the molecule is COC(=O)c1ccc2oc(N(C)C)nc2c1. The van der Waals surface area contributed by atoms with Crippen LogP contribution in [0.1, 0.15) is 10.4 Å². The number of carbonyl (C=O) groups is 1. The maximum Gasteiger partial charge on any atom is 0.337 e. The zero-order valence-electron chi connectivity index (χ0n) is 9.35. The van der Waals surface area contributed by atoms with Crippen molar-refractivity contribution < 1.29 is 13.9 Å². The lowest BCUT2D eigenvalue weighted by molar-refractivity contribution is 0.0601. The molecule has 2 rings (SSSR count). The molecule has 0 N–H and O–H groups in total. The van der Waals surface area contributed by atoms with Crippen LogP contribution in [0.4, 0.5) is 6.01 Å². The first-order valence-corrected chi connectivity index (χ1v) is 4.78. The highest BCUT2D eigenvalue weighted by molar-refractivity contribution is 5.93.